The van der Waals surface area contributed by atoms with Crippen LogP contribution in [0.5, 0.6) is 0 Å². The lowest BCUT2D eigenvalue weighted by Crippen LogP contribution is -2.41. The molecular weight excluding hydrogens is 287 g/mol. The fourth-order valence-corrected chi connectivity index (χ4v) is 2.26. The van der Waals surface area contributed by atoms with E-state index in [0.717, 1.165) is 19.4 Å². The number of carbonyl (C=O) groups excluding carboxylic acids is 1. The molecule has 1 aromatic rings. The summed E-state index contributed by atoms with van der Waals surface area (Å²) in [4.78, 5) is 11.7. The molecule has 0 aliphatic carbocycles. The maximum absolute atomic E-state index is 11.7. The predicted octanol–water partition coefficient (Wildman–Crippen LogP) is 1.66. The number of benzene rings is 1. The number of hydrogen-bond donors (Lipinski definition) is 3. The number of halogens is 2. The van der Waals surface area contributed by atoms with E-state index < -0.39 is 6.10 Å². The molecule has 1 aromatic carbocycles. The average Bonchev–Trinajstić information content (AvgIpc) is 2.89. The van der Waals surface area contributed by atoms with Gasteiger partial charge in [-0.3, -0.25) is 4.79 Å². The number of rotatable bonds is 4. The van der Waals surface area contributed by atoms with Gasteiger partial charge in [-0.1, -0.05) is 23.7 Å². The largest absolute Gasteiger partial charge is 0.387 e. The Kier molecular flexibility index (Phi) is 6.58. The first-order chi connectivity index (χ1) is 8.66. The maximum atomic E-state index is 11.7. The molecule has 106 valence electrons. The Bertz CT molecular complexity index is 423. The van der Waals surface area contributed by atoms with Gasteiger partial charge in [0.05, 0.1) is 12.1 Å². The van der Waals surface area contributed by atoms with E-state index in [9.17, 15) is 9.90 Å². The van der Waals surface area contributed by atoms with Crippen molar-refractivity contribution in [2.45, 2.75) is 25.0 Å². The Labute approximate surface area is 123 Å². The van der Waals surface area contributed by atoms with Gasteiger partial charge < -0.3 is 15.7 Å². The van der Waals surface area contributed by atoms with E-state index >= 15 is 0 Å². The summed E-state index contributed by atoms with van der Waals surface area (Å²) >= 11 is 5.85. The van der Waals surface area contributed by atoms with E-state index in [2.05, 4.69) is 10.6 Å². The summed E-state index contributed by atoms with van der Waals surface area (Å²) in [6.07, 6.45) is 1.16. The van der Waals surface area contributed by atoms with Crippen molar-refractivity contribution in [2.24, 2.45) is 0 Å². The van der Waals surface area contributed by atoms with Gasteiger partial charge in [-0.2, -0.15) is 0 Å². The molecule has 3 N–H and O–H groups in total. The highest BCUT2D eigenvalue weighted by atomic mass is 35.5. The Morgan fingerprint density at radius 1 is 1.58 bits per heavy atom. The van der Waals surface area contributed by atoms with Gasteiger partial charge in [-0.15, -0.1) is 12.4 Å². The van der Waals surface area contributed by atoms with Gasteiger partial charge in [0, 0.05) is 11.6 Å². The molecule has 0 bridgehead atoms. The van der Waals surface area contributed by atoms with Crippen LogP contribution in [-0.4, -0.2) is 30.1 Å². The summed E-state index contributed by atoms with van der Waals surface area (Å²) in [5.41, 5.74) is 0.710. The van der Waals surface area contributed by atoms with Gasteiger partial charge in [0.2, 0.25) is 5.91 Å². The molecule has 0 spiro atoms. The van der Waals surface area contributed by atoms with Crippen LogP contribution in [-0.2, 0) is 4.79 Å². The van der Waals surface area contributed by atoms with E-state index in [1.54, 1.807) is 24.3 Å². The zero-order valence-corrected chi connectivity index (χ0v) is 12.0. The molecule has 2 atom stereocenters. The van der Waals surface area contributed by atoms with Crippen LogP contribution in [0, 0.1) is 0 Å². The molecule has 0 saturated carbocycles. The van der Waals surface area contributed by atoms with Gasteiger partial charge >= 0.3 is 0 Å². The minimum atomic E-state index is -0.728. The highest BCUT2D eigenvalue weighted by molar-refractivity contribution is 6.30. The molecule has 1 fully saturated rings. The van der Waals surface area contributed by atoms with Crippen LogP contribution in [0.3, 0.4) is 0 Å². The highest BCUT2D eigenvalue weighted by Crippen LogP contribution is 2.17. The first-order valence-electron chi connectivity index (χ1n) is 6.11. The molecule has 0 aromatic heterocycles. The third-order valence-electron chi connectivity index (χ3n) is 3.08. The minimum absolute atomic E-state index is 0. The quantitative estimate of drug-likeness (QED) is 0.793. The maximum Gasteiger partial charge on any atom is 0.237 e. The Morgan fingerprint density at radius 2 is 2.37 bits per heavy atom. The number of carbonyl (C=O) groups is 1. The molecule has 1 aliphatic rings. The summed E-state index contributed by atoms with van der Waals surface area (Å²) < 4.78 is 0. The number of nitrogens with one attached hydrogen (secondary N) is 2. The first-order valence-corrected chi connectivity index (χ1v) is 6.49. The lowest BCUT2D eigenvalue weighted by atomic mass is 10.1. The number of amides is 1. The normalized spacial score (nSPS) is 19.6. The molecule has 2 rings (SSSR count). The lowest BCUT2D eigenvalue weighted by Gasteiger charge is -2.15. The van der Waals surface area contributed by atoms with E-state index in [0.29, 0.717) is 10.6 Å². The zero-order chi connectivity index (χ0) is 13.0. The van der Waals surface area contributed by atoms with Crippen LogP contribution in [0.1, 0.15) is 24.5 Å². The molecule has 19 heavy (non-hydrogen) atoms. The second kappa shape index (κ2) is 7.70. The smallest absolute Gasteiger partial charge is 0.237 e. The Balaban J connectivity index is 0.00000180. The van der Waals surface area contributed by atoms with Gasteiger partial charge in [-0.25, -0.2) is 0 Å². The molecule has 2 unspecified atom stereocenters. The molecule has 0 radical (unpaired) electrons. The summed E-state index contributed by atoms with van der Waals surface area (Å²) in [7, 11) is 0. The van der Waals surface area contributed by atoms with Crippen molar-refractivity contribution in [1.29, 1.82) is 0 Å². The molecule has 1 amide bonds. The van der Waals surface area contributed by atoms with Crippen LogP contribution in [0.2, 0.25) is 5.02 Å². The van der Waals surface area contributed by atoms with Crippen molar-refractivity contribution >= 4 is 29.9 Å². The monoisotopic (exact) mass is 304 g/mol. The number of aliphatic hydroxyl groups is 1. The van der Waals surface area contributed by atoms with Gasteiger partial charge in [0.25, 0.3) is 0 Å². The van der Waals surface area contributed by atoms with Crippen LogP contribution < -0.4 is 10.6 Å². The van der Waals surface area contributed by atoms with Crippen LogP contribution in [0.4, 0.5) is 0 Å². The van der Waals surface area contributed by atoms with Crippen molar-refractivity contribution in [1.82, 2.24) is 10.6 Å². The first kappa shape index (κ1) is 16.2. The van der Waals surface area contributed by atoms with Crippen molar-refractivity contribution < 1.29 is 9.90 Å². The summed E-state index contributed by atoms with van der Waals surface area (Å²) in [6, 6.07) is 6.90. The summed E-state index contributed by atoms with van der Waals surface area (Å²) in [5.74, 6) is -0.0476. The molecule has 4 nitrogen and oxygen atoms in total. The molecular formula is C13H18Cl2N2O2. The van der Waals surface area contributed by atoms with Crippen LogP contribution >= 0.6 is 24.0 Å². The van der Waals surface area contributed by atoms with E-state index in [-0.39, 0.29) is 30.9 Å². The minimum Gasteiger partial charge on any atom is -0.387 e. The fourth-order valence-electron chi connectivity index (χ4n) is 2.06. The molecule has 1 saturated heterocycles. The molecule has 1 aliphatic heterocycles. The Morgan fingerprint density at radius 3 is 3.00 bits per heavy atom. The lowest BCUT2D eigenvalue weighted by molar-refractivity contribution is -0.123. The molecule has 1 heterocycles. The fraction of sp³-hybridized carbons (Fsp3) is 0.462. The summed E-state index contributed by atoms with van der Waals surface area (Å²) in [5, 5.41) is 16.4. The van der Waals surface area contributed by atoms with Crippen molar-refractivity contribution in [3.05, 3.63) is 34.9 Å². The third kappa shape index (κ3) is 4.66. The second-order valence-corrected chi connectivity index (χ2v) is 4.90. The highest BCUT2D eigenvalue weighted by Gasteiger charge is 2.22. The average molecular weight is 305 g/mol. The Hall–Kier alpha value is -0.810. The van der Waals surface area contributed by atoms with Gasteiger partial charge in [0.1, 0.15) is 0 Å². The van der Waals surface area contributed by atoms with E-state index in [1.807, 2.05) is 0 Å². The standard InChI is InChI=1S/C13H17ClN2O2.ClH/c14-10-4-1-3-9(7-10)12(17)8-16-13(18)11-5-2-6-15-11;/h1,3-4,7,11-12,15,17H,2,5-6,8H2,(H,16,18);1H. The van der Waals surface area contributed by atoms with Crippen molar-refractivity contribution in [3.8, 4) is 0 Å². The van der Waals surface area contributed by atoms with Crippen molar-refractivity contribution in [2.75, 3.05) is 13.1 Å². The molecule has 6 heteroatoms. The van der Waals surface area contributed by atoms with Crippen molar-refractivity contribution in [3.63, 3.8) is 0 Å². The third-order valence-corrected chi connectivity index (χ3v) is 3.31. The van der Waals surface area contributed by atoms with Gasteiger partial charge in [-0.05, 0) is 37.1 Å². The van der Waals surface area contributed by atoms with Crippen LogP contribution in [0.25, 0.3) is 0 Å². The van der Waals surface area contributed by atoms with E-state index in [1.165, 1.54) is 0 Å². The SMILES string of the molecule is Cl.O=C(NCC(O)c1cccc(Cl)c1)C1CCCN1. The number of aliphatic hydroxyl groups excluding tert-OH is 1. The summed E-state index contributed by atoms with van der Waals surface area (Å²) in [6.45, 7) is 1.09. The predicted molar refractivity (Wildman–Crippen MR) is 77.7 cm³/mol. The second-order valence-electron chi connectivity index (χ2n) is 4.46. The van der Waals surface area contributed by atoms with E-state index in [4.69, 9.17) is 11.6 Å². The van der Waals surface area contributed by atoms with Crippen LogP contribution in [0.15, 0.2) is 24.3 Å². The zero-order valence-electron chi connectivity index (χ0n) is 10.4. The number of hydrogen-bond acceptors (Lipinski definition) is 3. The van der Waals surface area contributed by atoms with Gasteiger partial charge in [0.15, 0.2) is 0 Å². The topological polar surface area (TPSA) is 61.4 Å².